The number of hydrazone groups is 1. The van der Waals surface area contributed by atoms with Gasteiger partial charge in [0, 0.05) is 5.39 Å². The minimum absolute atomic E-state index is 0.382. The molecular formula is C21H21N3O4S. The van der Waals surface area contributed by atoms with Crippen LogP contribution in [-0.2, 0) is 14.8 Å². The lowest BCUT2D eigenvalue weighted by Crippen LogP contribution is -2.39. The molecule has 1 N–H and O–H groups in total. The predicted octanol–water partition coefficient (Wildman–Crippen LogP) is 2.76. The molecule has 0 unspecified atom stereocenters. The molecule has 3 aromatic carbocycles. The van der Waals surface area contributed by atoms with Crippen molar-refractivity contribution in [2.24, 2.45) is 5.10 Å². The molecule has 0 aliphatic carbocycles. The van der Waals surface area contributed by atoms with Crippen LogP contribution in [0.1, 0.15) is 5.56 Å². The SMILES string of the molecule is COc1ccc(/C=N\NC(=O)CN(c2cccc3ccccc23)S(C)(=O)=O)cc1. The maximum absolute atomic E-state index is 12.4. The molecule has 150 valence electrons. The molecule has 0 bridgehead atoms. The third kappa shape index (κ3) is 5.11. The van der Waals surface area contributed by atoms with Gasteiger partial charge in [0.1, 0.15) is 12.3 Å². The van der Waals surface area contributed by atoms with Crippen LogP contribution in [0.5, 0.6) is 5.75 Å². The molecule has 0 spiro atoms. The van der Waals surface area contributed by atoms with Gasteiger partial charge in [-0.1, -0.05) is 36.4 Å². The number of sulfonamides is 1. The highest BCUT2D eigenvalue weighted by atomic mass is 32.2. The molecule has 0 heterocycles. The fourth-order valence-electron chi connectivity index (χ4n) is 2.84. The summed E-state index contributed by atoms with van der Waals surface area (Å²) in [6.07, 6.45) is 2.54. The normalized spacial score (nSPS) is 11.5. The van der Waals surface area contributed by atoms with Crippen molar-refractivity contribution in [3.05, 3.63) is 72.3 Å². The minimum Gasteiger partial charge on any atom is -0.497 e. The van der Waals surface area contributed by atoms with E-state index in [9.17, 15) is 13.2 Å². The van der Waals surface area contributed by atoms with Crippen molar-refractivity contribution >= 4 is 38.6 Å². The predicted molar refractivity (Wildman–Crippen MR) is 115 cm³/mol. The Labute approximate surface area is 169 Å². The quantitative estimate of drug-likeness (QED) is 0.478. The summed E-state index contributed by atoms with van der Waals surface area (Å²) >= 11 is 0. The zero-order valence-electron chi connectivity index (χ0n) is 16.1. The van der Waals surface area contributed by atoms with Crippen molar-refractivity contribution in [3.8, 4) is 5.75 Å². The Morgan fingerprint density at radius 2 is 1.76 bits per heavy atom. The van der Waals surface area contributed by atoms with E-state index in [4.69, 9.17) is 4.74 Å². The number of fused-ring (bicyclic) bond motifs is 1. The first-order chi connectivity index (χ1) is 13.9. The van der Waals surface area contributed by atoms with Gasteiger partial charge in [-0.3, -0.25) is 9.10 Å². The number of nitrogens with one attached hydrogen (secondary N) is 1. The average molecular weight is 411 g/mol. The van der Waals surface area contributed by atoms with Gasteiger partial charge in [-0.2, -0.15) is 5.10 Å². The van der Waals surface area contributed by atoms with Gasteiger partial charge in [0.25, 0.3) is 5.91 Å². The van der Waals surface area contributed by atoms with Gasteiger partial charge in [-0.25, -0.2) is 13.8 Å². The largest absolute Gasteiger partial charge is 0.497 e. The maximum atomic E-state index is 12.4. The van der Waals surface area contributed by atoms with Crippen LogP contribution < -0.4 is 14.5 Å². The second-order valence-corrected chi connectivity index (χ2v) is 8.24. The Kier molecular flexibility index (Phi) is 6.13. The summed E-state index contributed by atoms with van der Waals surface area (Å²) in [4.78, 5) is 12.3. The van der Waals surface area contributed by atoms with Crippen LogP contribution in [0.4, 0.5) is 5.69 Å². The number of rotatable bonds is 7. The molecule has 0 fully saturated rings. The van der Waals surface area contributed by atoms with E-state index in [2.05, 4.69) is 10.5 Å². The van der Waals surface area contributed by atoms with Crippen molar-refractivity contribution in [2.45, 2.75) is 0 Å². The summed E-state index contributed by atoms with van der Waals surface area (Å²) in [7, 11) is -2.11. The van der Waals surface area contributed by atoms with Crippen LogP contribution in [0.3, 0.4) is 0 Å². The Bertz CT molecular complexity index is 1140. The van der Waals surface area contributed by atoms with Gasteiger partial charge in [0.2, 0.25) is 10.0 Å². The van der Waals surface area contributed by atoms with E-state index in [1.54, 1.807) is 43.5 Å². The molecular weight excluding hydrogens is 390 g/mol. The van der Waals surface area contributed by atoms with Crippen LogP contribution in [-0.4, -0.2) is 40.4 Å². The third-order valence-corrected chi connectivity index (χ3v) is 5.37. The zero-order chi connectivity index (χ0) is 20.9. The number of carbonyl (C=O) groups is 1. The number of amides is 1. The molecule has 1 amide bonds. The van der Waals surface area contributed by atoms with Gasteiger partial charge in [0.05, 0.1) is 25.3 Å². The van der Waals surface area contributed by atoms with Crippen molar-refractivity contribution in [1.82, 2.24) is 5.43 Å². The van der Waals surface area contributed by atoms with Crippen LogP contribution in [0.15, 0.2) is 71.8 Å². The number of benzene rings is 3. The molecule has 3 aromatic rings. The summed E-state index contributed by atoms with van der Waals surface area (Å²) in [5.74, 6) is 0.165. The molecule has 0 saturated carbocycles. The summed E-state index contributed by atoms with van der Waals surface area (Å²) in [6, 6.07) is 19.8. The Morgan fingerprint density at radius 1 is 1.07 bits per heavy atom. The highest BCUT2D eigenvalue weighted by Gasteiger charge is 2.22. The van der Waals surface area contributed by atoms with E-state index >= 15 is 0 Å². The molecule has 3 rings (SSSR count). The first kappa shape index (κ1) is 20.3. The van der Waals surface area contributed by atoms with Gasteiger partial charge in [0.15, 0.2) is 0 Å². The fraction of sp³-hybridized carbons (Fsp3) is 0.143. The Hall–Kier alpha value is -3.39. The zero-order valence-corrected chi connectivity index (χ0v) is 16.9. The summed E-state index contributed by atoms with van der Waals surface area (Å²) in [5, 5.41) is 5.53. The molecule has 8 heteroatoms. The Morgan fingerprint density at radius 3 is 2.45 bits per heavy atom. The van der Waals surface area contributed by atoms with E-state index in [1.165, 1.54) is 6.21 Å². The van der Waals surface area contributed by atoms with E-state index in [1.807, 2.05) is 30.3 Å². The number of anilines is 1. The minimum atomic E-state index is -3.68. The summed E-state index contributed by atoms with van der Waals surface area (Å²) in [6.45, 7) is -0.382. The molecule has 0 saturated heterocycles. The molecule has 0 aromatic heterocycles. The molecule has 0 aliphatic heterocycles. The maximum Gasteiger partial charge on any atom is 0.260 e. The number of nitrogens with zero attached hydrogens (tertiary/aromatic N) is 2. The lowest BCUT2D eigenvalue weighted by Gasteiger charge is -2.23. The van der Waals surface area contributed by atoms with Gasteiger partial charge < -0.3 is 4.74 Å². The first-order valence-electron chi connectivity index (χ1n) is 8.80. The number of ether oxygens (including phenoxy) is 1. The summed E-state index contributed by atoms with van der Waals surface area (Å²) < 4.78 is 30.9. The fourth-order valence-corrected chi connectivity index (χ4v) is 3.71. The molecule has 7 nitrogen and oxygen atoms in total. The van der Waals surface area contributed by atoms with Crippen LogP contribution in [0.2, 0.25) is 0 Å². The van der Waals surface area contributed by atoms with E-state index < -0.39 is 15.9 Å². The highest BCUT2D eigenvalue weighted by Crippen LogP contribution is 2.28. The van der Waals surface area contributed by atoms with Crippen molar-refractivity contribution in [2.75, 3.05) is 24.2 Å². The number of hydrogen-bond acceptors (Lipinski definition) is 5. The van der Waals surface area contributed by atoms with Crippen molar-refractivity contribution in [3.63, 3.8) is 0 Å². The summed E-state index contributed by atoms with van der Waals surface area (Å²) in [5.41, 5.74) is 3.58. The third-order valence-electron chi connectivity index (χ3n) is 4.24. The molecule has 0 radical (unpaired) electrons. The molecule has 0 atom stereocenters. The van der Waals surface area contributed by atoms with Gasteiger partial charge >= 0.3 is 0 Å². The first-order valence-corrected chi connectivity index (χ1v) is 10.6. The van der Waals surface area contributed by atoms with Crippen LogP contribution in [0.25, 0.3) is 10.8 Å². The van der Waals surface area contributed by atoms with Crippen LogP contribution >= 0.6 is 0 Å². The van der Waals surface area contributed by atoms with E-state index in [0.717, 1.165) is 26.9 Å². The number of carbonyl (C=O) groups excluding carboxylic acids is 1. The average Bonchev–Trinajstić information content (AvgIpc) is 2.71. The Balaban J connectivity index is 1.76. The van der Waals surface area contributed by atoms with Crippen molar-refractivity contribution < 1.29 is 17.9 Å². The van der Waals surface area contributed by atoms with E-state index in [-0.39, 0.29) is 6.54 Å². The number of methoxy groups -OCH3 is 1. The second-order valence-electron chi connectivity index (χ2n) is 6.33. The second kappa shape index (κ2) is 8.74. The molecule has 0 aliphatic rings. The number of hydrogen-bond donors (Lipinski definition) is 1. The van der Waals surface area contributed by atoms with E-state index in [0.29, 0.717) is 11.4 Å². The van der Waals surface area contributed by atoms with Gasteiger partial charge in [-0.05, 0) is 41.3 Å². The smallest absolute Gasteiger partial charge is 0.260 e. The van der Waals surface area contributed by atoms with Gasteiger partial charge in [-0.15, -0.1) is 0 Å². The lowest BCUT2D eigenvalue weighted by atomic mass is 10.1. The topological polar surface area (TPSA) is 88.1 Å². The molecule has 29 heavy (non-hydrogen) atoms. The monoisotopic (exact) mass is 411 g/mol. The standard InChI is InChI=1S/C21H21N3O4S/c1-28-18-12-10-16(11-13-18)14-22-23-21(25)15-24(29(2,26)27)20-9-5-7-17-6-3-4-8-19(17)20/h3-14H,15H2,1-2H3,(H,23,25)/b22-14-. The highest BCUT2D eigenvalue weighted by molar-refractivity contribution is 7.92. The van der Waals surface area contributed by atoms with Crippen LogP contribution in [0, 0.1) is 0 Å². The lowest BCUT2D eigenvalue weighted by molar-refractivity contribution is -0.119. The van der Waals surface area contributed by atoms with Crippen molar-refractivity contribution in [1.29, 1.82) is 0 Å².